The Bertz CT molecular complexity index is 670. The zero-order chi connectivity index (χ0) is 15.2. The number of nitrogens with zero attached hydrogens (tertiary/aromatic N) is 1. The van der Waals surface area contributed by atoms with E-state index < -0.39 is 5.82 Å². The SMILES string of the molecule is Cc1nc(CCOc2ccccc2F)[nH]c(=O)c1CCO. The molecule has 0 amide bonds. The number of aliphatic hydroxyl groups excluding tert-OH is 1. The number of hydrogen-bond acceptors (Lipinski definition) is 4. The first-order chi connectivity index (χ1) is 10.1. The summed E-state index contributed by atoms with van der Waals surface area (Å²) >= 11 is 0. The summed E-state index contributed by atoms with van der Waals surface area (Å²) in [4.78, 5) is 18.7. The van der Waals surface area contributed by atoms with Crippen molar-refractivity contribution in [2.45, 2.75) is 19.8 Å². The molecule has 0 bridgehead atoms. The quantitative estimate of drug-likeness (QED) is 0.843. The van der Waals surface area contributed by atoms with Gasteiger partial charge in [0.25, 0.3) is 5.56 Å². The van der Waals surface area contributed by atoms with Crippen LogP contribution < -0.4 is 10.3 Å². The summed E-state index contributed by atoms with van der Waals surface area (Å²) in [6.45, 7) is 1.84. The molecule has 0 fully saturated rings. The molecule has 2 N–H and O–H groups in total. The number of aromatic amines is 1. The number of para-hydroxylation sites is 1. The topological polar surface area (TPSA) is 75.2 Å². The predicted molar refractivity (Wildman–Crippen MR) is 76.0 cm³/mol. The van der Waals surface area contributed by atoms with Crippen LogP contribution in [0.4, 0.5) is 4.39 Å². The predicted octanol–water partition coefficient (Wildman–Crippen LogP) is 1.37. The molecular weight excluding hydrogens is 275 g/mol. The van der Waals surface area contributed by atoms with Crippen LogP contribution in [0.5, 0.6) is 5.75 Å². The van der Waals surface area contributed by atoms with E-state index in [4.69, 9.17) is 9.84 Å². The van der Waals surface area contributed by atoms with Gasteiger partial charge in [-0.15, -0.1) is 0 Å². The maximum Gasteiger partial charge on any atom is 0.254 e. The second-order valence-corrected chi connectivity index (χ2v) is 4.58. The van der Waals surface area contributed by atoms with E-state index in [2.05, 4.69) is 9.97 Å². The normalized spacial score (nSPS) is 10.6. The second kappa shape index (κ2) is 6.99. The van der Waals surface area contributed by atoms with Gasteiger partial charge in [-0.3, -0.25) is 4.79 Å². The summed E-state index contributed by atoms with van der Waals surface area (Å²) in [5.74, 6) is 0.234. The van der Waals surface area contributed by atoms with Crippen molar-refractivity contribution in [2.75, 3.05) is 13.2 Å². The van der Waals surface area contributed by atoms with Gasteiger partial charge in [0.05, 0.1) is 6.61 Å². The molecule has 1 aromatic heterocycles. The van der Waals surface area contributed by atoms with Crippen LogP contribution in [0.2, 0.25) is 0 Å². The van der Waals surface area contributed by atoms with Crippen LogP contribution in [0.1, 0.15) is 17.1 Å². The van der Waals surface area contributed by atoms with Gasteiger partial charge in [-0.25, -0.2) is 9.37 Å². The first-order valence-corrected chi connectivity index (χ1v) is 6.68. The molecule has 112 valence electrons. The highest BCUT2D eigenvalue weighted by Gasteiger charge is 2.08. The molecule has 0 unspecified atom stereocenters. The average molecular weight is 292 g/mol. The van der Waals surface area contributed by atoms with Gasteiger partial charge in [-0.2, -0.15) is 0 Å². The minimum Gasteiger partial charge on any atom is -0.490 e. The Balaban J connectivity index is 2.01. The van der Waals surface area contributed by atoms with Crippen molar-refractivity contribution in [3.8, 4) is 5.75 Å². The molecule has 0 aliphatic rings. The maximum atomic E-state index is 13.4. The Morgan fingerprint density at radius 2 is 2.10 bits per heavy atom. The van der Waals surface area contributed by atoms with Gasteiger partial charge in [0.15, 0.2) is 11.6 Å². The molecule has 2 aromatic rings. The fourth-order valence-corrected chi connectivity index (χ4v) is 2.01. The van der Waals surface area contributed by atoms with Gasteiger partial charge in [0.2, 0.25) is 0 Å². The van der Waals surface area contributed by atoms with Gasteiger partial charge in [-0.1, -0.05) is 12.1 Å². The molecular formula is C15H17FN2O3. The van der Waals surface area contributed by atoms with Gasteiger partial charge in [0, 0.05) is 30.7 Å². The third kappa shape index (κ3) is 3.88. The lowest BCUT2D eigenvalue weighted by molar-refractivity contribution is 0.297. The lowest BCUT2D eigenvalue weighted by Gasteiger charge is -2.08. The zero-order valence-electron chi connectivity index (χ0n) is 11.7. The molecule has 0 aliphatic carbocycles. The van der Waals surface area contributed by atoms with Gasteiger partial charge in [0.1, 0.15) is 5.82 Å². The number of aliphatic hydroxyl groups is 1. The van der Waals surface area contributed by atoms with Crippen LogP contribution >= 0.6 is 0 Å². The Morgan fingerprint density at radius 1 is 1.33 bits per heavy atom. The highest BCUT2D eigenvalue weighted by Crippen LogP contribution is 2.15. The van der Waals surface area contributed by atoms with Crippen LogP contribution in [0.15, 0.2) is 29.1 Å². The lowest BCUT2D eigenvalue weighted by Crippen LogP contribution is -2.21. The zero-order valence-corrected chi connectivity index (χ0v) is 11.7. The molecule has 0 atom stereocenters. The fourth-order valence-electron chi connectivity index (χ4n) is 2.01. The third-order valence-corrected chi connectivity index (χ3v) is 3.07. The molecule has 21 heavy (non-hydrogen) atoms. The molecule has 0 aliphatic heterocycles. The van der Waals surface area contributed by atoms with Crippen molar-refractivity contribution in [1.29, 1.82) is 0 Å². The molecule has 0 saturated carbocycles. The second-order valence-electron chi connectivity index (χ2n) is 4.58. The Morgan fingerprint density at radius 3 is 2.76 bits per heavy atom. The molecule has 1 heterocycles. The Hall–Kier alpha value is -2.21. The molecule has 1 aromatic carbocycles. The number of rotatable bonds is 6. The molecule has 0 radical (unpaired) electrons. The van der Waals surface area contributed by atoms with E-state index in [-0.39, 0.29) is 30.9 Å². The molecule has 5 nitrogen and oxygen atoms in total. The molecule has 6 heteroatoms. The number of nitrogens with one attached hydrogen (secondary N) is 1. The highest BCUT2D eigenvalue weighted by molar-refractivity contribution is 5.23. The van der Waals surface area contributed by atoms with E-state index in [0.717, 1.165) is 0 Å². The first-order valence-electron chi connectivity index (χ1n) is 6.68. The largest absolute Gasteiger partial charge is 0.490 e. The van der Waals surface area contributed by atoms with Gasteiger partial charge in [-0.05, 0) is 19.1 Å². The van der Waals surface area contributed by atoms with Gasteiger partial charge >= 0.3 is 0 Å². The van der Waals surface area contributed by atoms with Crippen molar-refractivity contribution in [1.82, 2.24) is 9.97 Å². The first kappa shape index (κ1) is 15.2. The van der Waals surface area contributed by atoms with E-state index in [1.165, 1.54) is 6.07 Å². The number of hydrogen-bond donors (Lipinski definition) is 2. The third-order valence-electron chi connectivity index (χ3n) is 3.07. The summed E-state index contributed by atoms with van der Waals surface area (Å²) in [5, 5.41) is 8.90. The van der Waals surface area contributed by atoms with E-state index >= 15 is 0 Å². The number of benzene rings is 1. The summed E-state index contributed by atoms with van der Waals surface area (Å²) in [7, 11) is 0. The number of H-pyrrole nitrogens is 1. The van der Waals surface area contributed by atoms with Crippen LogP contribution in [0, 0.1) is 12.7 Å². The minimum absolute atomic E-state index is 0.0959. The van der Waals surface area contributed by atoms with Crippen LogP contribution in [-0.4, -0.2) is 28.3 Å². The molecule has 2 rings (SSSR count). The van der Waals surface area contributed by atoms with Crippen molar-refractivity contribution >= 4 is 0 Å². The summed E-state index contributed by atoms with van der Waals surface area (Å²) < 4.78 is 18.7. The summed E-state index contributed by atoms with van der Waals surface area (Å²) in [6, 6.07) is 6.14. The van der Waals surface area contributed by atoms with E-state index in [9.17, 15) is 9.18 Å². The molecule has 0 spiro atoms. The maximum absolute atomic E-state index is 13.4. The van der Waals surface area contributed by atoms with Crippen molar-refractivity contribution < 1.29 is 14.2 Å². The number of ether oxygens (including phenoxy) is 1. The number of halogens is 1. The minimum atomic E-state index is -0.423. The number of aromatic nitrogens is 2. The van der Waals surface area contributed by atoms with Crippen molar-refractivity contribution in [2.24, 2.45) is 0 Å². The highest BCUT2D eigenvalue weighted by atomic mass is 19.1. The van der Waals surface area contributed by atoms with Crippen LogP contribution in [-0.2, 0) is 12.8 Å². The Kier molecular flexibility index (Phi) is 5.05. The average Bonchev–Trinajstić information content (AvgIpc) is 2.45. The van der Waals surface area contributed by atoms with Crippen molar-refractivity contribution in [3.63, 3.8) is 0 Å². The standard InChI is InChI=1S/C15H17FN2O3/c1-10-11(6-8-19)15(20)18-14(17-10)7-9-21-13-5-3-2-4-12(13)16/h2-5,19H,6-9H2,1H3,(H,17,18,20). The summed E-state index contributed by atoms with van der Waals surface area (Å²) in [5.41, 5.74) is 0.822. The van der Waals surface area contributed by atoms with Gasteiger partial charge < -0.3 is 14.8 Å². The monoisotopic (exact) mass is 292 g/mol. The van der Waals surface area contributed by atoms with E-state index in [1.54, 1.807) is 25.1 Å². The van der Waals surface area contributed by atoms with Crippen LogP contribution in [0.3, 0.4) is 0 Å². The van der Waals surface area contributed by atoms with Crippen molar-refractivity contribution in [3.05, 3.63) is 57.5 Å². The van der Waals surface area contributed by atoms with E-state index in [1.807, 2.05) is 0 Å². The summed E-state index contributed by atoms with van der Waals surface area (Å²) in [6.07, 6.45) is 0.643. The smallest absolute Gasteiger partial charge is 0.254 e. The Labute approximate surface area is 121 Å². The fraction of sp³-hybridized carbons (Fsp3) is 0.333. The van der Waals surface area contributed by atoms with Crippen LogP contribution in [0.25, 0.3) is 0 Å². The van der Waals surface area contributed by atoms with E-state index in [0.29, 0.717) is 23.5 Å². The molecule has 0 saturated heterocycles. The lowest BCUT2D eigenvalue weighted by atomic mass is 10.2. The number of aryl methyl sites for hydroxylation is 1.